The molecule has 0 radical (unpaired) electrons. The number of rotatable bonds is 4. The molecule has 20 heavy (non-hydrogen) atoms. The lowest BCUT2D eigenvalue weighted by atomic mass is 10.1. The Labute approximate surface area is 122 Å². The molecule has 2 rings (SSSR count). The molecule has 0 saturated heterocycles. The molecule has 0 aliphatic carbocycles. The van der Waals surface area contributed by atoms with Crippen LogP contribution in [0.25, 0.3) is 0 Å². The van der Waals surface area contributed by atoms with Gasteiger partial charge in [0, 0.05) is 17.8 Å². The number of anilines is 2. The SMILES string of the molecule is CON(C)C(=O)c1ccc(Cl)cc1Nc1ccccc1. The van der Waals surface area contributed by atoms with Crippen LogP contribution in [0, 0.1) is 0 Å². The molecule has 2 aromatic carbocycles. The van der Waals surface area contributed by atoms with E-state index in [1.807, 2.05) is 30.3 Å². The highest BCUT2D eigenvalue weighted by Crippen LogP contribution is 2.25. The number of carbonyl (C=O) groups excluding carboxylic acids is 1. The van der Waals surface area contributed by atoms with Crippen molar-refractivity contribution < 1.29 is 9.63 Å². The van der Waals surface area contributed by atoms with Gasteiger partial charge in [0.15, 0.2) is 0 Å². The van der Waals surface area contributed by atoms with Gasteiger partial charge in [-0.05, 0) is 30.3 Å². The molecule has 104 valence electrons. The van der Waals surface area contributed by atoms with E-state index in [0.29, 0.717) is 16.3 Å². The molecule has 5 heteroatoms. The summed E-state index contributed by atoms with van der Waals surface area (Å²) in [5, 5.41) is 4.91. The first-order valence-electron chi connectivity index (χ1n) is 6.05. The van der Waals surface area contributed by atoms with E-state index in [-0.39, 0.29) is 5.91 Å². The van der Waals surface area contributed by atoms with E-state index in [9.17, 15) is 4.79 Å². The number of carbonyl (C=O) groups is 1. The number of hydrogen-bond acceptors (Lipinski definition) is 3. The smallest absolute Gasteiger partial charge is 0.279 e. The summed E-state index contributed by atoms with van der Waals surface area (Å²) >= 11 is 6.01. The molecule has 0 aliphatic heterocycles. The van der Waals surface area contributed by atoms with Crippen molar-refractivity contribution in [1.29, 1.82) is 0 Å². The summed E-state index contributed by atoms with van der Waals surface area (Å²) in [6, 6.07) is 14.6. The van der Waals surface area contributed by atoms with Gasteiger partial charge in [-0.2, -0.15) is 0 Å². The molecule has 4 nitrogen and oxygen atoms in total. The van der Waals surface area contributed by atoms with Crippen LogP contribution in [-0.2, 0) is 4.84 Å². The Hall–Kier alpha value is -2.04. The Balaban J connectivity index is 2.36. The molecule has 0 bridgehead atoms. The van der Waals surface area contributed by atoms with Crippen molar-refractivity contribution in [2.24, 2.45) is 0 Å². The molecular weight excluding hydrogens is 276 g/mol. The highest BCUT2D eigenvalue weighted by molar-refractivity contribution is 6.31. The van der Waals surface area contributed by atoms with E-state index >= 15 is 0 Å². The van der Waals surface area contributed by atoms with E-state index in [2.05, 4.69) is 5.32 Å². The lowest BCUT2D eigenvalue weighted by molar-refractivity contribution is -0.0756. The third-order valence-corrected chi connectivity index (χ3v) is 3.06. The number of para-hydroxylation sites is 1. The molecule has 0 unspecified atom stereocenters. The number of amides is 1. The highest BCUT2D eigenvalue weighted by Gasteiger charge is 2.16. The second-order valence-electron chi connectivity index (χ2n) is 4.17. The maximum atomic E-state index is 12.2. The average Bonchev–Trinajstić information content (AvgIpc) is 2.47. The van der Waals surface area contributed by atoms with E-state index in [4.69, 9.17) is 16.4 Å². The van der Waals surface area contributed by atoms with Crippen molar-refractivity contribution in [3.8, 4) is 0 Å². The maximum absolute atomic E-state index is 12.2. The van der Waals surface area contributed by atoms with Gasteiger partial charge in [-0.1, -0.05) is 29.8 Å². The number of nitrogens with one attached hydrogen (secondary N) is 1. The molecule has 0 heterocycles. The zero-order valence-electron chi connectivity index (χ0n) is 11.3. The molecule has 0 atom stereocenters. The van der Waals surface area contributed by atoms with Crippen LogP contribution >= 0.6 is 11.6 Å². The minimum atomic E-state index is -0.248. The van der Waals surface area contributed by atoms with Crippen molar-refractivity contribution in [1.82, 2.24) is 5.06 Å². The number of hydrogen-bond donors (Lipinski definition) is 1. The minimum Gasteiger partial charge on any atom is -0.355 e. The first-order chi connectivity index (χ1) is 9.61. The van der Waals surface area contributed by atoms with Crippen LogP contribution in [0.2, 0.25) is 5.02 Å². The summed E-state index contributed by atoms with van der Waals surface area (Å²) in [5.74, 6) is -0.248. The van der Waals surface area contributed by atoms with Gasteiger partial charge < -0.3 is 5.32 Å². The van der Waals surface area contributed by atoms with Crippen molar-refractivity contribution >= 4 is 28.9 Å². The first kappa shape index (κ1) is 14.4. The Morgan fingerprint density at radius 2 is 1.90 bits per heavy atom. The van der Waals surface area contributed by atoms with E-state index < -0.39 is 0 Å². The molecule has 1 amide bonds. The van der Waals surface area contributed by atoms with Crippen LogP contribution in [0.4, 0.5) is 11.4 Å². The Morgan fingerprint density at radius 3 is 2.55 bits per heavy atom. The molecule has 0 aliphatic rings. The third kappa shape index (κ3) is 3.29. The normalized spacial score (nSPS) is 10.2. The molecule has 0 fully saturated rings. The van der Waals surface area contributed by atoms with Crippen LogP contribution in [0.15, 0.2) is 48.5 Å². The average molecular weight is 291 g/mol. The van der Waals surface area contributed by atoms with E-state index in [0.717, 1.165) is 5.69 Å². The van der Waals surface area contributed by atoms with Crippen LogP contribution in [0.3, 0.4) is 0 Å². The molecule has 1 N–H and O–H groups in total. The van der Waals surface area contributed by atoms with Gasteiger partial charge in [-0.25, -0.2) is 5.06 Å². The van der Waals surface area contributed by atoms with Crippen molar-refractivity contribution in [3.63, 3.8) is 0 Å². The number of benzene rings is 2. The van der Waals surface area contributed by atoms with Crippen molar-refractivity contribution in [2.75, 3.05) is 19.5 Å². The minimum absolute atomic E-state index is 0.248. The monoisotopic (exact) mass is 290 g/mol. The fraction of sp³-hybridized carbons (Fsp3) is 0.133. The van der Waals surface area contributed by atoms with Gasteiger partial charge in [0.1, 0.15) is 0 Å². The third-order valence-electron chi connectivity index (χ3n) is 2.82. The number of nitrogens with zero attached hydrogens (tertiary/aromatic N) is 1. The van der Waals surface area contributed by atoms with Gasteiger partial charge in [0.05, 0.1) is 18.4 Å². The maximum Gasteiger partial charge on any atom is 0.279 e. The van der Waals surface area contributed by atoms with E-state index in [1.54, 1.807) is 25.2 Å². The van der Waals surface area contributed by atoms with Gasteiger partial charge in [0.25, 0.3) is 5.91 Å². The highest BCUT2D eigenvalue weighted by atomic mass is 35.5. The van der Waals surface area contributed by atoms with Gasteiger partial charge >= 0.3 is 0 Å². The largest absolute Gasteiger partial charge is 0.355 e. The second kappa shape index (κ2) is 6.41. The molecule has 0 spiro atoms. The summed E-state index contributed by atoms with van der Waals surface area (Å²) in [5.41, 5.74) is 2.00. The van der Waals surface area contributed by atoms with Gasteiger partial charge in [0.2, 0.25) is 0 Å². The summed E-state index contributed by atoms with van der Waals surface area (Å²) in [6.07, 6.45) is 0. The van der Waals surface area contributed by atoms with Crippen LogP contribution in [0.5, 0.6) is 0 Å². The fourth-order valence-corrected chi connectivity index (χ4v) is 1.91. The quantitative estimate of drug-likeness (QED) is 0.873. The topological polar surface area (TPSA) is 41.6 Å². The number of halogens is 1. The standard InChI is InChI=1S/C15H15ClN2O2/c1-18(20-2)15(19)13-9-8-11(16)10-14(13)17-12-6-4-3-5-7-12/h3-10,17H,1-2H3. The van der Waals surface area contributed by atoms with Crippen molar-refractivity contribution in [2.45, 2.75) is 0 Å². The Bertz CT molecular complexity index is 602. The zero-order valence-corrected chi connectivity index (χ0v) is 12.0. The summed E-state index contributed by atoms with van der Waals surface area (Å²) in [4.78, 5) is 17.1. The zero-order chi connectivity index (χ0) is 14.5. The van der Waals surface area contributed by atoms with Gasteiger partial charge in [-0.3, -0.25) is 9.63 Å². The molecule has 0 aromatic heterocycles. The lowest BCUT2D eigenvalue weighted by Crippen LogP contribution is -2.26. The summed E-state index contributed by atoms with van der Waals surface area (Å²) in [6.45, 7) is 0. The lowest BCUT2D eigenvalue weighted by Gasteiger charge is -2.17. The van der Waals surface area contributed by atoms with Crippen LogP contribution < -0.4 is 5.32 Å². The molecular formula is C15H15ClN2O2. The van der Waals surface area contributed by atoms with Gasteiger partial charge in [-0.15, -0.1) is 0 Å². The Morgan fingerprint density at radius 1 is 1.20 bits per heavy atom. The predicted molar refractivity (Wildman–Crippen MR) is 80.3 cm³/mol. The van der Waals surface area contributed by atoms with Crippen molar-refractivity contribution in [3.05, 3.63) is 59.1 Å². The summed E-state index contributed by atoms with van der Waals surface area (Å²) < 4.78 is 0. The van der Waals surface area contributed by atoms with Crippen LogP contribution in [0.1, 0.15) is 10.4 Å². The predicted octanol–water partition coefficient (Wildman–Crippen LogP) is 3.72. The molecule has 0 saturated carbocycles. The Kier molecular flexibility index (Phi) is 4.61. The summed E-state index contributed by atoms with van der Waals surface area (Å²) in [7, 11) is 3.00. The van der Waals surface area contributed by atoms with E-state index in [1.165, 1.54) is 12.2 Å². The fourth-order valence-electron chi connectivity index (χ4n) is 1.74. The number of hydroxylamine groups is 2. The van der Waals surface area contributed by atoms with Crippen LogP contribution in [-0.4, -0.2) is 25.1 Å². The second-order valence-corrected chi connectivity index (χ2v) is 4.60. The first-order valence-corrected chi connectivity index (χ1v) is 6.43. The molecule has 2 aromatic rings.